The third kappa shape index (κ3) is 4.28. The van der Waals surface area contributed by atoms with Crippen LogP contribution in [0.2, 0.25) is 0 Å². The summed E-state index contributed by atoms with van der Waals surface area (Å²) in [5.74, 6) is -0.881. The maximum absolute atomic E-state index is 13.1. The Morgan fingerprint density at radius 2 is 2.07 bits per heavy atom. The second-order valence-electron chi connectivity index (χ2n) is 7.19. The Kier molecular flexibility index (Phi) is 6.66. The van der Waals surface area contributed by atoms with Crippen LogP contribution in [0.25, 0.3) is 10.2 Å². The third-order valence-electron chi connectivity index (χ3n) is 5.13. The SMILES string of the molecule is CCCCOC(=O)c1csc2ncn(C(C)C(=O)Nc3cccc(C)c3C)c(=O)c12. The number of amides is 1. The summed E-state index contributed by atoms with van der Waals surface area (Å²) in [7, 11) is 0. The van der Waals surface area contributed by atoms with Crippen molar-refractivity contribution in [2.45, 2.75) is 46.6 Å². The summed E-state index contributed by atoms with van der Waals surface area (Å²) in [6.07, 6.45) is 3.01. The first-order valence-electron chi connectivity index (χ1n) is 9.87. The molecular formula is C22H25N3O4S. The normalized spacial score (nSPS) is 12.0. The number of aromatic nitrogens is 2. The van der Waals surface area contributed by atoms with Gasteiger partial charge in [-0.15, -0.1) is 11.3 Å². The molecule has 1 amide bonds. The number of hydrogen-bond donors (Lipinski definition) is 1. The van der Waals surface area contributed by atoms with E-state index in [0.717, 1.165) is 24.0 Å². The molecule has 1 aromatic carbocycles. The van der Waals surface area contributed by atoms with Crippen LogP contribution in [0.1, 0.15) is 54.2 Å². The van der Waals surface area contributed by atoms with Crippen LogP contribution in [0.4, 0.5) is 5.69 Å². The van der Waals surface area contributed by atoms with Crippen LogP contribution >= 0.6 is 11.3 Å². The Morgan fingerprint density at radius 1 is 1.30 bits per heavy atom. The van der Waals surface area contributed by atoms with Crippen molar-refractivity contribution in [2.75, 3.05) is 11.9 Å². The van der Waals surface area contributed by atoms with E-state index in [-0.39, 0.29) is 16.9 Å². The molecule has 1 atom stereocenters. The van der Waals surface area contributed by atoms with Gasteiger partial charge in [-0.1, -0.05) is 25.5 Å². The highest BCUT2D eigenvalue weighted by Crippen LogP contribution is 2.23. The van der Waals surface area contributed by atoms with Crippen molar-refractivity contribution in [3.63, 3.8) is 0 Å². The molecule has 0 spiro atoms. The van der Waals surface area contributed by atoms with E-state index in [2.05, 4.69) is 10.3 Å². The number of fused-ring (bicyclic) bond motifs is 1. The summed E-state index contributed by atoms with van der Waals surface area (Å²) >= 11 is 1.20. The molecule has 30 heavy (non-hydrogen) atoms. The maximum Gasteiger partial charge on any atom is 0.339 e. The van der Waals surface area contributed by atoms with Crippen molar-refractivity contribution in [2.24, 2.45) is 0 Å². The Labute approximate surface area is 178 Å². The monoisotopic (exact) mass is 427 g/mol. The number of rotatable bonds is 7. The summed E-state index contributed by atoms with van der Waals surface area (Å²) in [5.41, 5.74) is 2.48. The minimum absolute atomic E-state index is 0.190. The number of ether oxygens (including phenoxy) is 1. The molecular weight excluding hydrogens is 402 g/mol. The first-order chi connectivity index (χ1) is 14.3. The summed E-state index contributed by atoms with van der Waals surface area (Å²) in [6.45, 7) is 7.82. The lowest BCUT2D eigenvalue weighted by Gasteiger charge is -2.16. The zero-order valence-electron chi connectivity index (χ0n) is 17.5. The number of aryl methyl sites for hydroxylation is 1. The number of unbranched alkanes of at least 4 members (excludes halogenated alkanes) is 1. The molecule has 3 aromatic rings. The van der Waals surface area contributed by atoms with E-state index in [1.165, 1.54) is 22.2 Å². The molecule has 0 saturated heterocycles. The van der Waals surface area contributed by atoms with Gasteiger partial charge in [0.05, 0.1) is 23.9 Å². The second kappa shape index (κ2) is 9.21. The lowest BCUT2D eigenvalue weighted by molar-refractivity contribution is -0.118. The van der Waals surface area contributed by atoms with Crippen molar-refractivity contribution in [3.8, 4) is 0 Å². The average Bonchev–Trinajstić information content (AvgIpc) is 3.16. The molecule has 0 radical (unpaired) electrons. The lowest BCUT2D eigenvalue weighted by Crippen LogP contribution is -2.32. The van der Waals surface area contributed by atoms with Crippen molar-refractivity contribution in [1.29, 1.82) is 0 Å². The molecule has 0 fully saturated rings. The van der Waals surface area contributed by atoms with E-state index in [0.29, 0.717) is 17.1 Å². The first kappa shape index (κ1) is 21.7. The zero-order valence-corrected chi connectivity index (χ0v) is 18.3. The van der Waals surface area contributed by atoms with Crippen molar-refractivity contribution in [1.82, 2.24) is 9.55 Å². The molecule has 0 aliphatic rings. The number of thiophene rings is 1. The van der Waals surface area contributed by atoms with E-state index in [1.54, 1.807) is 12.3 Å². The van der Waals surface area contributed by atoms with Crippen LogP contribution in [0.15, 0.2) is 34.7 Å². The van der Waals surface area contributed by atoms with Gasteiger partial charge in [-0.2, -0.15) is 0 Å². The van der Waals surface area contributed by atoms with Crippen LogP contribution in [-0.4, -0.2) is 28.0 Å². The van der Waals surface area contributed by atoms with Gasteiger partial charge in [0.25, 0.3) is 5.56 Å². The number of esters is 1. The van der Waals surface area contributed by atoms with Crippen LogP contribution < -0.4 is 10.9 Å². The van der Waals surface area contributed by atoms with Gasteiger partial charge in [0.2, 0.25) is 5.91 Å². The van der Waals surface area contributed by atoms with Gasteiger partial charge in [-0.05, 0) is 44.4 Å². The molecule has 0 aliphatic carbocycles. The minimum atomic E-state index is -0.807. The number of hydrogen-bond acceptors (Lipinski definition) is 6. The van der Waals surface area contributed by atoms with E-state index in [4.69, 9.17) is 4.74 Å². The molecule has 8 heteroatoms. The number of benzene rings is 1. The van der Waals surface area contributed by atoms with Gasteiger partial charge < -0.3 is 10.1 Å². The summed E-state index contributed by atoms with van der Waals surface area (Å²) in [4.78, 5) is 43.0. The van der Waals surface area contributed by atoms with E-state index < -0.39 is 17.6 Å². The van der Waals surface area contributed by atoms with Crippen molar-refractivity contribution in [3.05, 3.63) is 57.0 Å². The van der Waals surface area contributed by atoms with Crippen LogP contribution in [0.3, 0.4) is 0 Å². The maximum atomic E-state index is 13.1. The summed E-state index contributed by atoms with van der Waals surface area (Å²) in [5, 5.41) is 4.65. The number of carbonyl (C=O) groups excluding carboxylic acids is 2. The van der Waals surface area contributed by atoms with Crippen molar-refractivity contribution < 1.29 is 14.3 Å². The van der Waals surface area contributed by atoms with Crippen LogP contribution in [0, 0.1) is 13.8 Å². The Balaban J connectivity index is 1.90. The predicted molar refractivity (Wildman–Crippen MR) is 118 cm³/mol. The molecule has 0 aliphatic heterocycles. The molecule has 2 aromatic heterocycles. The number of nitrogens with zero attached hydrogens (tertiary/aromatic N) is 2. The molecule has 1 N–H and O–H groups in total. The zero-order chi connectivity index (χ0) is 21.8. The summed E-state index contributed by atoms with van der Waals surface area (Å²) in [6, 6.07) is 4.84. The van der Waals surface area contributed by atoms with Crippen molar-refractivity contribution >= 4 is 39.1 Å². The molecule has 7 nitrogen and oxygen atoms in total. The second-order valence-corrected chi connectivity index (χ2v) is 8.05. The van der Waals surface area contributed by atoms with Gasteiger partial charge in [0, 0.05) is 11.1 Å². The minimum Gasteiger partial charge on any atom is -0.462 e. The third-order valence-corrected chi connectivity index (χ3v) is 6.02. The quantitative estimate of drug-likeness (QED) is 0.450. The largest absolute Gasteiger partial charge is 0.462 e. The fourth-order valence-electron chi connectivity index (χ4n) is 3.01. The van der Waals surface area contributed by atoms with Gasteiger partial charge >= 0.3 is 5.97 Å². The Bertz CT molecular complexity index is 1150. The van der Waals surface area contributed by atoms with E-state index >= 15 is 0 Å². The topological polar surface area (TPSA) is 90.3 Å². The Morgan fingerprint density at radius 3 is 2.80 bits per heavy atom. The summed E-state index contributed by atoms with van der Waals surface area (Å²) < 4.78 is 6.50. The van der Waals surface area contributed by atoms with E-state index in [1.807, 2.05) is 39.0 Å². The van der Waals surface area contributed by atoms with E-state index in [9.17, 15) is 14.4 Å². The molecule has 0 saturated carbocycles. The first-order valence-corrected chi connectivity index (χ1v) is 10.8. The average molecular weight is 428 g/mol. The highest BCUT2D eigenvalue weighted by atomic mass is 32.1. The van der Waals surface area contributed by atoms with Gasteiger partial charge in [0.15, 0.2) is 0 Å². The highest BCUT2D eigenvalue weighted by Gasteiger charge is 2.23. The van der Waals surface area contributed by atoms with Gasteiger partial charge in [-0.25, -0.2) is 9.78 Å². The number of anilines is 1. The predicted octanol–water partition coefficient (Wildman–Crippen LogP) is 4.23. The molecule has 1 unspecified atom stereocenters. The number of carbonyl (C=O) groups is 2. The molecule has 2 heterocycles. The molecule has 3 rings (SSSR count). The molecule has 158 valence electrons. The number of nitrogens with one attached hydrogen (secondary N) is 1. The van der Waals surface area contributed by atoms with Gasteiger partial charge in [0.1, 0.15) is 10.9 Å². The molecule has 0 bridgehead atoms. The standard InChI is InChI=1S/C22H25N3O4S/c1-5-6-10-29-22(28)16-11-30-20-18(16)21(27)25(12-23-20)15(4)19(26)24-17-9-7-8-13(2)14(17)3/h7-9,11-12,15H,5-6,10H2,1-4H3,(H,24,26). The fourth-order valence-corrected chi connectivity index (χ4v) is 3.88. The lowest BCUT2D eigenvalue weighted by atomic mass is 10.1. The fraction of sp³-hybridized carbons (Fsp3) is 0.364. The Hall–Kier alpha value is -3.00. The van der Waals surface area contributed by atoms with Crippen LogP contribution in [0.5, 0.6) is 0 Å². The van der Waals surface area contributed by atoms with Crippen LogP contribution in [-0.2, 0) is 9.53 Å². The smallest absolute Gasteiger partial charge is 0.339 e. The van der Waals surface area contributed by atoms with Gasteiger partial charge in [-0.3, -0.25) is 14.2 Å². The highest BCUT2D eigenvalue weighted by molar-refractivity contribution is 7.17.